The Labute approximate surface area is 132 Å². The average molecular weight is 306 g/mol. The summed E-state index contributed by atoms with van der Waals surface area (Å²) in [6.45, 7) is 0. The first-order chi connectivity index (χ1) is 10.8. The predicted molar refractivity (Wildman–Crippen MR) is 89.8 cm³/mol. The number of hydrogen-bond donors (Lipinski definition) is 1. The predicted octanol–water partition coefficient (Wildman–Crippen LogP) is 4.95. The number of aromatic nitrogens is 3. The summed E-state index contributed by atoms with van der Waals surface area (Å²) in [5.41, 5.74) is 5.09. The van der Waals surface area contributed by atoms with Gasteiger partial charge in [0.25, 0.3) is 0 Å². The van der Waals surface area contributed by atoms with Crippen LogP contribution in [-0.4, -0.2) is 15.0 Å². The number of aromatic amines is 1. The SMILES string of the molecule is Clc1nccc(-c2c(-c3ccccc3)[nH]c3ccccc23)n1. The first kappa shape index (κ1) is 13.0. The normalized spacial score (nSPS) is 11.0. The Morgan fingerprint density at radius 1 is 0.864 bits per heavy atom. The zero-order valence-electron chi connectivity index (χ0n) is 11.6. The molecule has 106 valence electrons. The standard InChI is InChI=1S/C18H12ClN3/c19-18-20-11-10-15(22-18)16-13-8-4-5-9-14(13)21-17(16)12-6-2-1-3-7-12/h1-11,21H. The number of para-hydroxylation sites is 1. The van der Waals surface area contributed by atoms with Gasteiger partial charge < -0.3 is 4.98 Å². The van der Waals surface area contributed by atoms with Gasteiger partial charge >= 0.3 is 0 Å². The lowest BCUT2D eigenvalue weighted by atomic mass is 10.0. The molecule has 0 fully saturated rings. The van der Waals surface area contributed by atoms with E-state index in [1.807, 2.05) is 36.4 Å². The molecule has 4 rings (SSSR count). The molecule has 0 amide bonds. The smallest absolute Gasteiger partial charge is 0.222 e. The molecule has 0 radical (unpaired) electrons. The van der Waals surface area contributed by atoms with Crippen LogP contribution in [0.15, 0.2) is 66.9 Å². The molecule has 4 aromatic rings. The van der Waals surface area contributed by atoms with E-state index in [0.29, 0.717) is 0 Å². The number of hydrogen-bond acceptors (Lipinski definition) is 2. The Kier molecular flexibility index (Phi) is 3.13. The Hall–Kier alpha value is -2.65. The van der Waals surface area contributed by atoms with Crippen molar-refractivity contribution in [1.29, 1.82) is 0 Å². The van der Waals surface area contributed by atoms with E-state index in [2.05, 4.69) is 39.2 Å². The second-order valence-corrected chi connectivity index (χ2v) is 5.34. The van der Waals surface area contributed by atoms with Gasteiger partial charge in [-0.1, -0.05) is 48.5 Å². The van der Waals surface area contributed by atoms with E-state index in [9.17, 15) is 0 Å². The molecule has 2 aromatic carbocycles. The molecule has 4 heteroatoms. The van der Waals surface area contributed by atoms with Crippen molar-refractivity contribution < 1.29 is 0 Å². The molecule has 0 bridgehead atoms. The summed E-state index contributed by atoms with van der Waals surface area (Å²) in [4.78, 5) is 11.9. The van der Waals surface area contributed by atoms with E-state index >= 15 is 0 Å². The molecule has 2 aromatic heterocycles. The summed E-state index contributed by atoms with van der Waals surface area (Å²) in [5.74, 6) is 0. The number of fused-ring (bicyclic) bond motifs is 1. The molecule has 0 aliphatic heterocycles. The van der Waals surface area contributed by atoms with Crippen LogP contribution in [0, 0.1) is 0 Å². The first-order valence-corrected chi connectivity index (χ1v) is 7.36. The van der Waals surface area contributed by atoms with Crippen LogP contribution in [0.2, 0.25) is 5.28 Å². The van der Waals surface area contributed by atoms with Gasteiger partial charge in [-0.15, -0.1) is 0 Å². The molecule has 0 spiro atoms. The highest BCUT2D eigenvalue weighted by atomic mass is 35.5. The monoisotopic (exact) mass is 305 g/mol. The minimum atomic E-state index is 0.252. The van der Waals surface area contributed by atoms with E-state index < -0.39 is 0 Å². The van der Waals surface area contributed by atoms with E-state index in [0.717, 1.165) is 33.4 Å². The zero-order valence-corrected chi connectivity index (χ0v) is 12.4. The van der Waals surface area contributed by atoms with Gasteiger partial charge in [0.15, 0.2) is 0 Å². The highest BCUT2D eigenvalue weighted by Crippen LogP contribution is 2.37. The minimum absolute atomic E-state index is 0.252. The largest absolute Gasteiger partial charge is 0.354 e. The number of rotatable bonds is 2. The van der Waals surface area contributed by atoms with E-state index in [1.165, 1.54) is 0 Å². The molecular formula is C18H12ClN3. The lowest BCUT2D eigenvalue weighted by molar-refractivity contribution is 1.17. The Morgan fingerprint density at radius 3 is 2.45 bits per heavy atom. The molecule has 1 N–H and O–H groups in total. The molecule has 0 aliphatic rings. The maximum absolute atomic E-state index is 5.98. The fourth-order valence-electron chi connectivity index (χ4n) is 2.70. The molecule has 0 atom stereocenters. The fraction of sp³-hybridized carbons (Fsp3) is 0. The van der Waals surface area contributed by atoms with Crippen LogP contribution in [0.1, 0.15) is 0 Å². The van der Waals surface area contributed by atoms with Crippen molar-refractivity contribution in [3.8, 4) is 22.5 Å². The number of nitrogens with one attached hydrogen (secondary N) is 1. The van der Waals surface area contributed by atoms with Gasteiger partial charge in [0.05, 0.1) is 11.4 Å². The van der Waals surface area contributed by atoms with Gasteiger partial charge in [0.1, 0.15) is 0 Å². The number of halogens is 1. The van der Waals surface area contributed by atoms with E-state index in [-0.39, 0.29) is 5.28 Å². The summed E-state index contributed by atoms with van der Waals surface area (Å²) in [6.07, 6.45) is 1.68. The Morgan fingerprint density at radius 2 is 1.64 bits per heavy atom. The molecule has 0 saturated carbocycles. The summed E-state index contributed by atoms with van der Waals surface area (Å²) < 4.78 is 0. The first-order valence-electron chi connectivity index (χ1n) is 6.98. The van der Waals surface area contributed by atoms with Crippen molar-refractivity contribution in [2.45, 2.75) is 0 Å². The third kappa shape index (κ3) is 2.16. The second kappa shape index (κ2) is 5.28. The Balaban J connectivity index is 2.07. The third-order valence-corrected chi connectivity index (χ3v) is 3.83. The van der Waals surface area contributed by atoms with Crippen molar-refractivity contribution in [2.75, 3.05) is 0 Å². The van der Waals surface area contributed by atoms with Crippen LogP contribution in [0.5, 0.6) is 0 Å². The second-order valence-electron chi connectivity index (χ2n) is 5.00. The molecular weight excluding hydrogens is 294 g/mol. The Bertz CT molecular complexity index is 945. The lowest BCUT2D eigenvalue weighted by Gasteiger charge is -2.05. The van der Waals surface area contributed by atoms with Gasteiger partial charge in [-0.05, 0) is 29.3 Å². The number of benzene rings is 2. The maximum Gasteiger partial charge on any atom is 0.222 e. The molecule has 22 heavy (non-hydrogen) atoms. The van der Waals surface area contributed by atoms with Crippen molar-refractivity contribution in [2.24, 2.45) is 0 Å². The van der Waals surface area contributed by atoms with Crippen molar-refractivity contribution >= 4 is 22.5 Å². The van der Waals surface area contributed by atoms with Crippen molar-refractivity contribution in [3.05, 3.63) is 72.1 Å². The minimum Gasteiger partial charge on any atom is -0.354 e. The van der Waals surface area contributed by atoms with Gasteiger partial charge in [0, 0.05) is 22.7 Å². The third-order valence-electron chi connectivity index (χ3n) is 3.65. The van der Waals surface area contributed by atoms with Crippen LogP contribution >= 0.6 is 11.6 Å². The van der Waals surface area contributed by atoms with Gasteiger partial charge in [0.2, 0.25) is 5.28 Å². The lowest BCUT2D eigenvalue weighted by Crippen LogP contribution is -1.88. The average Bonchev–Trinajstić information content (AvgIpc) is 2.95. The van der Waals surface area contributed by atoms with Crippen LogP contribution in [0.3, 0.4) is 0 Å². The molecule has 0 aliphatic carbocycles. The quantitative estimate of drug-likeness (QED) is 0.533. The summed E-state index contributed by atoms with van der Waals surface area (Å²) in [6, 6.07) is 20.3. The van der Waals surface area contributed by atoms with Gasteiger partial charge in [-0.25, -0.2) is 9.97 Å². The molecule has 3 nitrogen and oxygen atoms in total. The summed E-state index contributed by atoms with van der Waals surface area (Å²) in [5, 5.41) is 1.37. The van der Waals surface area contributed by atoms with Gasteiger partial charge in [-0.3, -0.25) is 0 Å². The highest BCUT2D eigenvalue weighted by Gasteiger charge is 2.16. The van der Waals surface area contributed by atoms with E-state index in [1.54, 1.807) is 6.20 Å². The fourth-order valence-corrected chi connectivity index (χ4v) is 2.85. The topological polar surface area (TPSA) is 41.6 Å². The van der Waals surface area contributed by atoms with E-state index in [4.69, 9.17) is 11.6 Å². The van der Waals surface area contributed by atoms with Crippen molar-refractivity contribution in [1.82, 2.24) is 15.0 Å². The zero-order chi connectivity index (χ0) is 14.9. The van der Waals surface area contributed by atoms with Gasteiger partial charge in [-0.2, -0.15) is 0 Å². The molecule has 2 heterocycles. The van der Waals surface area contributed by atoms with Crippen LogP contribution in [0.4, 0.5) is 0 Å². The molecule has 0 unspecified atom stereocenters. The molecule has 0 saturated heterocycles. The van der Waals surface area contributed by atoms with Crippen LogP contribution in [0.25, 0.3) is 33.4 Å². The summed E-state index contributed by atoms with van der Waals surface area (Å²) >= 11 is 5.98. The van der Waals surface area contributed by atoms with Crippen molar-refractivity contribution in [3.63, 3.8) is 0 Å². The van der Waals surface area contributed by atoms with Crippen LogP contribution < -0.4 is 0 Å². The maximum atomic E-state index is 5.98. The van der Waals surface area contributed by atoms with Crippen LogP contribution in [-0.2, 0) is 0 Å². The summed E-state index contributed by atoms with van der Waals surface area (Å²) in [7, 11) is 0. The highest BCUT2D eigenvalue weighted by molar-refractivity contribution is 6.28. The number of nitrogens with zero attached hydrogens (tertiary/aromatic N) is 2. The number of H-pyrrole nitrogens is 1.